The normalized spacial score (nSPS) is 13.8. The third kappa shape index (κ3) is 16.6. The Kier molecular flexibility index (Phi) is 21.0. The fourth-order valence-electron chi connectivity index (χ4n) is 1.46. The fraction of sp³-hybridized carbons (Fsp3) is 0.789. The molecule has 0 bridgehead atoms. The predicted octanol–water partition coefficient (Wildman–Crippen LogP) is 0.369. The van der Waals surface area contributed by atoms with E-state index in [0.717, 1.165) is 12.8 Å². The number of carbonyl (C=O) groups excluding carboxylic acids is 3. The zero-order chi connectivity index (χ0) is 23.6. The largest absolute Gasteiger partial charge is 0.481 e. The number of carboxylic acids is 1. The van der Waals surface area contributed by atoms with Crippen LogP contribution < -0.4 is 5.73 Å². The van der Waals surface area contributed by atoms with Crippen LogP contribution in [-0.4, -0.2) is 72.5 Å². The van der Waals surface area contributed by atoms with Crippen molar-refractivity contribution in [3.8, 4) is 0 Å². The Morgan fingerprint density at radius 1 is 0.862 bits per heavy atom. The molecule has 0 rings (SSSR count). The molecule has 29 heavy (non-hydrogen) atoms. The molecule has 10 heteroatoms. The molecule has 0 radical (unpaired) electrons. The molecule has 0 spiro atoms. The number of aliphatic hydroxyl groups is 2. The lowest BCUT2D eigenvalue weighted by molar-refractivity contribution is -0.149. The van der Waals surface area contributed by atoms with Gasteiger partial charge in [0.05, 0.1) is 39.3 Å². The number of ketones is 1. The molecule has 172 valence electrons. The van der Waals surface area contributed by atoms with Crippen LogP contribution in [0.4, 0.5) is 0 Å². The van der Waals surface area contributed by atoms with Gasteiger partial charge in [-0.25, -0.2) is 0 Å². The van der Waals surface area contributed by atoms with Crippen LogP contribution in [0.25, 0.3) is 0 Å². The Hall–Kier alpha value is -2.04. The van der Waals surface area contributed by atoms with Gasteiger partial charge in [-0.15, -0.1) is 0 Å². The molecule has 0 heterocycles. The second-order valence-corrected chi connectivity index (χ2v) is 6.34. The monoisotopic (exact) mass is 423 g/mol. The van der Waals surface area contributed by atoms with Gasteiger partial charge in [-0.05, 0) is 12.8 Å². The van der Waals surface area contributed by atoms with Crippen LogP contribution in [0.5, 0.6) is 0 Å². The standard InChI is InChI=1S/C10H18O4.C5H10O2.C4H9NO3/c1-4-7(2)9(12)5-8(6-11)10(13)14-3;1-3-4(2)5(6)7;1-8-4(7)3(5)2-6/h7-8,11H,4-6H2,1-3H3;4H,3H2,1-2H3,(H,6,7);3,6H,2,5H2,1H3. The third-order valence-corrected chi connectivity index (χ3v) is 4.10. The number of methoxy groups -OCH3 is 2. The van der Waals surface area contributed by atoms with Crippen molar-refractivity contribution in [2.24, 2.45) is 23.5 Å². The first kappa shape index (κ1) is 31.6. The maximum Gasteiger partial charge on any atom is 0.325 e. The number of aliphatic carboxylic acids is 1. The smallest absolute Gasteiger partial charge is 0.325 e. The Bertz CT molecular complexity index is 482. The highest BCUT2D eigenvalue weighted by atomic mass is 16.5. The van der Waals surface area contributed by atoms with E-state index in [4.69, 9.17) is 21.1 Å². The molecule has 0 amide bonds. The Labute approximate surface area is 172 Å². The van der Waals surface area contributed by atoms with E-state index >= 15 is 0 Å². The Morgan fingerprint density at radius 3 is 1.52 bits per heavy atom. The van der Waals surface area contributed by atoms with Crippen LogP contribution in [0.1, 0.15) is 47.0 Å². The van der Waals surface area contributed by atoms with Crippen molar-refractivity contribution in [3.63, 3.8) is 0 Å². The summed E-state index contributed by atoms with van der Waals surface area (Å²) >= 11 is 0. The first-order valence-corrected chi connectivity index (χ1v) is 9.35. The molecule has 0 aromatic carbocycles. The number of ether oxygens (including phenoxy) is 2. The van der Waals surface area contributed by atoms with Gasteiger partial charge in [0.2, 0.25) is 0 Å². The Morgan fingerprint density at radius 2 is 1.31 bits per heavy atom. The number of aliphatic hydroxyl groups excluding tert-OH is 2. The number of carboxylic acid groups (broad SMARTS) is 1. The van der Waals surface area contributed by atoms with E-state index in [1.165, 1.54) is 14.2 Å². The highest BCUT2D eigenvalue weighted by Gasteiger charge is 2.23. The Balaban J connectivity index is -0.000000383. The predicted molar refractivity (Wildman–Crippen MR) is 106 cm³/mol. The molecule has 0 aliphatic heterocycles. The minimum Gasteiger partial charge on any atom is -0.481 e. The summed E-state index contributed by atoms with van der Waals surface area (Å²) in [7, 11) is 2.47. The summed E-state index contributed by atoms with van der Waals surface area (Å²) in [6, 6.07) is -0.889. The third-order valence-electron chi connectivity index (χ3n) is 4.10. The van der Waals surface area contributed by atoms with E-state index in [0.29, 0.717) is 0 Å². The summed E-state index contributed by atoms with van der Waals surface area (Å²) in [5, 5.41) is 25.3. The van der Waals surface area contributed by atoms with Gasteiger partial charge >= 0.3 is 17.9 Å². The molecule has 0 fully saturated rings. The van der Waals surface area contributed by atoms with Gasteiger partial charge in [0, 0.05) is 12.3 Å². The van der Waals surface area contributed by atoms with Crippen molar-refractivity contribution in [3.05, 3.63) is 0 Å². The second kappa shape index (κ2) is 19.3. The summed E-state index contributed by atoms with van der Waals surface area (Å²) in [5.74, 6) is -2.77. The molecular formula is C19H37NO9. The van der Waals surface area contributed by atoms with Crippen molar-refractivity contribution in [1.82, 2.24) is 0 Å². The molecule has 10 nitrogen and oxygen atoms in total. The second-order valence-electron chi connectivity index (χ2n) is 6.34. The van der Waals surface area contributed by atoms with Crippen molar-refractivity contribution in [2.75, 3.05) is 27.4 Å². The van der Waals surface area contributed by atoms with Crippen LogP contribution in [0.15, 0.2) is 0 Å². The topological polar surface area (TPSA) is 173 Å². The molecule has 0 aromatic rings. The van der Waals surface area contributed by atoms with E-state index in [-0.39, 0.29) is 37.3 Å². The van der Waals surface area contributed by atoms with Crippen molar-refractivity contribution < 1.29 is 44.0 Å². The minimum atomic E-state index is -0.889. The maximum atomic E-state index is 11.4. The number of nitrogens with two attached hydrogens (primary N) is 1. The van der Waals surface area contributed by atoms with E-state index in [9.17, 15) is 19.2 Å². The molecule has 0 aromatic heterocycles. The van der Waals surface area contributed by atoms with Crippen LogP contribution >= 0.6 is 0 Å². The van der Waals surface area contributed by atoms with Gasteiger partial charge in [0.1, 0.15) is 11.8 Å². The maximum absolute atomic E-state index is 11.4. The molecular weight excluding hydrogens is 386 g/mol. The highest BCUT2D eigenvalue weighted by Crippen LogP contribution is 2.12. The van der Waals surface area contributed by atoms with E-state index < -0.39 is 29.9 Å². The zero-order valence-corrected chi connectivity index (χ0v) is 18.2. The van der Waals surface area contributed by atoms with Crippen LogP contribution in [-0.2, 0) is 28.7 Å². The quantitative estimate of drug-likeness (QED) is 0.359. The van der Waals surface area contributed by atoms with Crippen LogP contribution in [0.2, 0.25) is 0 Å². The highest BCUT2D eigenvalue weighted by molar-refractivity contribution is 5.85. The average Bonchev–Trinajstić information content (AvgIpc) is 2.74. The summed E-state index contributed by atoms with van der Waals surface area (Å²) in [6.07, 6.45) is 1.53. The van der Waals surface area contributed by atoms with Crippen molar-refractivity contribution >= 4 is 23.7 Å². The van der Waals surface area contributed by atoms with Crippen LogP contribution in [0, 0.1) is 17.8 Å². The molecule has 0 saturated heterocycles. The lowest BCUT2D eigenvalue weighted by atomic mass is 9.94. The molecule has 0 saturated carbocycles. The average molecular weight is 424 g/mol. The van der Waals surface area contributed by atoms with E-state index in [2.05, 4.69) is 9.47 Å². The number of hydrogen-bond acceptors (Lipinski definition) is 9. The summed E-state index contributed by atoms with van der Waals surface area (Å²) < 4.78 is 8.65. The zero-order valence-electron chi connectivity index (χ0n) is 18.2. The summed E-state index contributed by atoms with van der Waals surface area (Å²) in [6.45, 7) is 6.57. The number of esters is 2. The number of carbonyl (C=O) groups is 4. The minimum absolute atomic E-state index is 0.00282. The molecule has 4 atom stereocenters. The van der Waals surface area contributed by atoms with Gasteiger partial charge in [-0.2, -0.15) is 0 Å². The number of rotatable bonds is 10. The fourth-order valence-corrected chi connectivity index (χ4v) is 1.46. The van der Waals surface area contributed by atoms with Gasteiger partial charge in [0.25, 0.3) is 0 Å². The number of Topliss-reactive ketones (excluding diaryl/α,β-unsaturated/α-hetero) is 1. The molecule has 5 N–H and O–H groups in total. The van der Waals surface area contributed by atoms with Crippen LogP contribution in [0.3, 0.4) is 0 Å². The summed E-state index contributed by atoms with van der Waals surface area (Å²) in [5.41, 5.74) is 5.00. The van der Waals surface area contributed by atoms with E-state index in [1.54, 1.807) is 6.92 Å². The van der Waals surface area contributed by atoms with Crippen molar-refractivity contribution in [1.29, 1.82) is 0 Å². The molecule has 0 aliphatic rings. The number of hydrogen-bond donors (Lipinski definition) is 4. The lowest BCUT2D eigenvalue weighted by Gasteiger charge is -2.13. The molecule has 0 aliphatic carbocycles. The first-order chi connectivity index (χ1) is 13.5. The van der Waals surface area contributed by atoms with Gasteiger partial charge in [0.15, 0.2) is 0 Å². The van der Waals surface area contributed by atoms with Gasteiger partial charge in [-0.3, -0.25) is 19.2 Å². The van der Waals surface area contributed by atoms with Crippen molar-refractivity contribution in [2.45, 2.75) is 53.0 Å². The lowest BCUT2D eigenvalue weighted by Crippen LogP contribution is -2.34. The van der Waals surface area contributed by atoms with Gasteiger partial charge < -0.3 is 30.5 Å². The van der Waals surface area contributed by atoms with Gasteiger partial charge in [-0.1, -0.05) is 27.7 Å². The SMILES string of the molecule is CCC(C)C(=O)CC(CO)C(=O)OC.CCC(C)C(=O)O.COC(=O)C(N)CO. The summed E-state index contributed by atoms with van der Waals surface area (Å²) in [4.78, 5) is 42.7. The van der Waals surface area contributed by atoms with E-state index in [1.807, 2.05) is 20.8 Å². The molecule has 4 unspecified atom stereocenters. The first-order valence-electron chi connectivity index (χ1n) is 9.35.